The van der Waals surface area contributed by atoms with Crippen LogP contribution in [0.3, 0.4) is 0 Å². The van der Waals surface area contributed by atoms with E-state index in [0.29, 0.717) is 12.3 Å². The summed E-state index contributed by atoms with van der Waals surface area (Å²) in [4.78, 5) is 14.3. The molecule has 20 heavy (non-hydrogen) atoms. The lowest BCUT2D eigenvalue weighted by molar-refractivity contribution is 0.0927. The van der Waals surface area contributed by atoms with Gasteiger partial charge in [-0.15, -0.1) is 0 Å². The van der Waals surface area contributed by atoms with Crippen LogP contribution in [-0.4, -0.2) is 30.4 Å². The summed E-state index contributed by atoms with van der Waals surface area (Å²) in [5.74, 6) is 1.12. The fourth-order valence-electron chi connectivity index (χ4n) is 2.02. The molecule has 1 aromatic heterocycles. The van der Waals surface area contributed by atoms with Crippen molar-refractivity contribution in [2.24, 2.45) is 0 Å². The van der Waals surface area contributed by atoms with Crippen LogP contribution in [0, 0.1) is 0 Å². The number of aryl methyl sites for hydroxylation is 1. The highest BCUT2D eigenvalue weighted by atomic mass is 16.4. The number of nitrogens with one attached hydrogen (secondary N) is 1. The number of furan rings is 1. The smallest absolute Gasteiger partial charge is 0.287 e. The fraction of sp³-hybridized carbons (Fsp3) is 0.562. The molecule has 0 aromatic carbocycles. The minimum Gasteiger partial charge on any atom is -0.456 e. The van der Waals surface area contributed by atoms with E-state index in [2.05, 4.69) is 30.6 Å². The molecule has 1 aromatic rings. The molecule has 0 unspecified atom stereocenters. The van der Waals surface area contributed by atoms with Gasteiger partial charge in [-0.25, -0.2) is 0 Å². The van der Waals surface area contributed by atoms with Gasteiger partial charge in [-0.3, -0.25) is 9.69 Å². The highest BCUT2D eigenvalue weighted by Crippen LogP contribution is 2.18. The van der Waals surface area contributed by atoms with Crippen LogP contribution in [0.25, 0.3) is 0 Å². The molecule has 1 rings (SSSR count). The van der Waals surface area contributed by atoms with Crippen LogP contribution in [0.1, 0.15) is 49.6 Å². The lowest BCUT2D eigenvalue weighted by Crippen LogP contribution is -2.24. The third-order valence-electron chi connectivity index (χ3n) is 3.28. The minimum atomic E-state index is -0.173. The van der Waals surface area contributed by atoms with Crippen molar-refractivity contribution >= 4 is 5.91 Å². The van der Waals surface area contributed by atoms with Gasteiger partial charge in [0, 0.05) is 25.1 Å². The van der Waals surface area contributed by atoms with E-state index in [1.165, 1.54) is 0 Å². The van der Waals surface area contributed by atoms with Crippen molar-refractivity contribution in [3.63, 3.8) is 0 Å². The molecule has 0 saturated carbocycles. The minimum absolute atomic E-state index is 0.173. The molecule has 0 radical (unpaired) electrons. The van der Waals surface area contributed by atoms with Crippen LogP contribution >= 0.6 is 0 Å². The maximum Gasteiger partial charge on any atom is 0.287 e. The average Bonchev–Trinajstić information content (AvgIpc) is 2.85. The Bertz CT molecular complexity index is 459. The Kier molecular flexibility index (Phi) is 6.52. The van der Waals surface area contributed by atoms with E-state index >= 15 is 0 Å². The van der Waals surface area contributed by atoms with Crippen LogP contribution in [0.4, 0.5) is 0 Å². The fourth-order valence-corrected chi connectivity index (χ4v) is 2.02. The second-order valence-corrected chi connectivity index (χ2v) is 5.01. The lowest BCUT2D eigenvalue weighted by atomic mass is 10.2. The predicted octanol–water partition coefficient (Wildman–Crippen LogP) is 2.99. The van der Waals surface area contributed by atoms with E-state index in [1.54, 1.807) is 0 Å². The van der Waals surface area contributed by atoms with Gasteiger partial charge in [0.2, 0.25) is 0 Å². The normalized spacial score (nSPS) is 10.8. The van der Waals surface area contributed by atoms with Crippen LogP contribution < -0.4 is 5.32 Å². The van der Waals surface area contributed by atoms with Crippen molar-refractivity contribution in [3.05, 3.63) is 35.3 Å². The van der Waals surface area contributed by atoms with E-state index < -0.39 is 0 Å². The van der Waals surface area contributed by atoms with Crippen molar-refractivity contribution in [2.75, 3.05) is 19.6 Å². The summed E-state index contributed by atoms with van der Waals surface area (Å²) < 4.78 is 5.68. The van der Waals surface area contributed by atoms with Crippen LogP contribution in [-0.2, 0) is 13.0 Å². The first-order valence-electron chi connectivity index (χ1n) is 7.28. The standard InChI is InChI=1S/C16H26N2O2/c1-6-14-13(11-18(7-2)8-3)9-15(20-14)16(19)17-10-12(4)5/h9H,4,6-8,10-11H2,1-3,5H3,(H,17,19). The Morgan fingerprint density at radius 2 is 2.00 bits per heavy atom. The molecule has 0 saturated heterocycles. The molecule has 1 N–H and O–H groups in total. The highest BCUT2D eigenvalue weighted by molar-refractivity contribution is 5.91. The molecule has 0 fully saturated rings. The van der Waals surface area contributed by atoms with Gasteiger partial charge in [-0.1, -0.05) is 32.9 Å². The molecule has 1 amide bonds. The molecule has 4 nitrogen and oxygen atoms in total. The zero-order valence-corrected chi connectivity index (χ0v) is 13.1. The quantitative estimate of drug-likeness (QED) is 0.744. The Morgan fingerprint density at radius 3 is 2.50 bits per heavy atom. The van der Waals surface area contributed by atoms with Crippen molar-refractivity contribution in [3.8, 4) is 0 Å². The Balaban J connectivity index is 2.82. The Hall–Kier alpha value is -1.55. The zero-order valence-electron chi connectivity index (χ0n) is 13.1. The summed E-state index contributed by atoms with van der Waals surface area (Å²) >= 11 is 0. The molecule has 0 spiro atoms. The second-order valence-electron chi connectivity index (χ2n) is 5.01. The number of hydrogen-bond acceptors (Lipinski definition) is 3. The topological polar surface area (TPSA) is 45.5 Å². The van der Waals surface area contributed by atoms with Gasteiger partial charge in [-0.2, -0.15) is 0 Å². The summed E-state index contributed by atoms with van der Waals surface area (Å²) in [5, 5.41) is 2.80. The van der Waals surface area contributed by atoms with Crippen LogP contribution in [0.15, 0.2) is 22.6 Å². The molecule has 0 bridgehead atoms. The summed E-state index contributed by atoms with van der Waals surface area (Å²) in [5.41, 5.74) is 2.03. The summed E-state index contributed by atoms with van der Waals surface area (Å²) in [6, 6.07) is 1.87. The van der Waals surface area contributed by atoms with Gasteiger partial charge in [0.25, 0.3) is 5.91 Å². The molecule has 0 aliphatic rings. The molecule has 0 aliphatic heterocycles. The first kappa shape index (κ1) is 16.5. The SMILES string of the molecule is C=C(C)CNC(=O)c1cc(CN(CC)CC)c(CC)o1. The molecule has 4 heteroatoms. The third-order valence-corrected chi connectivity index (χ3v) is 3.28. The Morgan fingerprint density at radius 1 is 1.35 bits per heavy atom. The first-order valence-corrected chi connectivity index (χ1v) is 7.28. The van der Waals surface area contributed by atoms with Crippen molar-refractivity contribution in [1.29, 1.82) is 0 Å². The van der Waals surface area contributed by atoms with Gasteiger partial charge < -0.3 is 9.73 Å². The van der Waals surface area contributed by atoms with Gasteiger partial charge in [0.15, 0.2) is 5.76 Å². The second kappa shape index (κ2) is 7.90. The van der Waals surface area contributed by atoms with Gasteiger partial charge in [0.1, 0.15) is 5.76 Å². The molecule has 112 valence electrons. The highest BCUT2D eigenvalue weighted by Gasteiger charge is 2.16. The first-order chi connectivity index (χ1) is 9.51. The Labute approximate surface area is 121 Å². The summed E-state index contributed by atoms with van der Waals surface area (Å²) in [6.45, 7) is 15.2. The summed E-state index contributed by atoms with van der Waals surface area (Å²) in [7, 11) is 0. The van der Waals surface area contributed by atoms with Crippen molar-refractivity contribution < 1.29 is 9.21 Å². The van der Waals surface area contributed by atoms with E-state index in [0.717, 1.165) is 43.0 Å². The largest absolute Gasteiger partial charge is 0.456 e. The van der Waals surface area contributed by atoms with Gasteiger partial charge in [-0.05, 0) is 26.1 Å². The third kappa shape index (κ3) is 4.53. The zero-order chi connectivity index (χ0) is 15.1. The van der Waals surface area contributed by atoms with Crippen LogP contribution in [0.2, 0.25) is 0 Å². The molecular formula is C16H26N2O2. The van der Waals surface area contributed by atoms with E-state index in [-0.39, 0.29) is 5.91 Å². The van der Waals surface area contributed by atoms with Gasteiger partial charge in [0.05, 0.1) is 0 Å². The van der Waals surface area contributed by atoms with Crippen LogP contribution in [0.5, 0.6) is 0 Å². The average molecular weight is 278 g/mol. The van der Waals surface area contributed by atoms with E-state index in [9.17, 15) is 4.79 Å². The number of carbonyl (C=O) groups is 1. The maximum atomic E-state index is 12.0. The molecule has 0 aliphatic carbocycles. The van der Waals surface area contributed by atoms with Crippen molar-refractivity contribution in [2.45, 2.75) is 40.7 Å². The monoisotopic (exact) mass is 278 g/mol. The van der Waals surface area contributed by atoms with E-state index in [4.69, 9.17) is 4.42 Å². The number of amides is 1. The molecule has 0 atom stereocenters. The number of hydrogen-bond donors (Lipinski definition) is 1. The predicted molar refractivity (Wildman–Crippen MR) is 81.9 cm³/mol. The summed E-state index contributed by atoms with van der Waals surface area (Å²) in [6.07, 6.45) is 0.796. The number of carbonyl (C=O) groups excluding carboxylic acids is 1. The van der Waals surface area contributed by atoms with E-state index in [1.807, 2.05) is 19.9 Å². The number of rotatable bonds is 8. The lowest BCUT2D eigenvalue weighted by Gasteiger charge is -2.17. The number of nitrogens with zero attached hydrogens (tertiary/aromatic N) is 1. The molecular weight excluding hydrogens is 252 g/mol. The van der Waals surface area contributed by atoms with Gasteiger partial charge >= 0.3 is 0 Å². The molecule has 1 heterocycles. The maximum absolute atomic E-state index is 12.0. The van der Waals surface area contributed by atoms with Crippen molar-refractivity contribution in [1.82, 2.24) is 10.2 Å².